The number of furan rings is 1. The summed E-state index contributed by atoms with van der Waals surface area (Å²) in [6.07, 6.45) is 4.76. The van der Waals surface area contributed by atoms with Crippen LogP contribution in [0.1, 0.15) is 47.3 Å². The molecule has 4 rings (SSSR count). The lowest BCUT2D eigenvalue weighted by molar-refractivity contribution is -0.134. The molecule has 1 aromatic carbocycles. The van der Waals surface area contributed by atoms with E-state index in [-0.39, 0.29) is 30.0 Å². The molecule has 0 bridgehead atoms. The molecule has 1 N–H and O–H groups in total. The van der Waals surface area contributed by atoms with Crippen molar-refractivity contribution < 1.29 is 14.0 Å². The number of aromatic nitrogens is 1. The Balaban J connectivity index is 1.40. The van der Waals surface area contributed by atoms with Gasteiger partial charge in [-0.25, -0.2) is 4.98 Å². The minimum Gasteiger partial charge on any atom is -0.459 e. The van der Waals surface area contributed by atoms with Crippen molar-refractivity contribution in [2.45, 2.75) is 31.7 Å². The summed E-state index contributed by atoms with van der Waals surface area (Å²) >= 11 is 1.66. The molecule has 0 radical (unpaired) electrons. The molecular formula is C20H21N3O3S. The lowest BCUT2D eigenvalue weighted by atomic mass is 10.0. The summed E-state index contributed by atoms with van der Waals surface area (Å²) in [5, 5.41) is 3.74. The first kappa shape index (κ1) is 17.7. The second kappa shape index (κ2) is 7.92. The highest BCUT2D eigenvalue weighted by Crippen LogP contribution is 2.35. The number of hydrogen-bond acceptors (Lipinski definition) is 5. The molecule has 0 aliphatic carbocycles. The van der Waals surface area contributed by atoms with Crippen molar-refractivity contribution >= 4 is 33.4 Å². The van der Waals surface area contributed by atoms with Gasteiger partial charge >= 0.3 is 0 Å². The van der Waals surface area contributed by atoms with E-state index in [1.807, 2.05) is 23.1 Å². The quantitative estimate of drug-likeness (QED) is 0.728. The normalized spacial score (nSPS) is 17.2. The summed E-state index contributed by atoms with van der Waals surface area (Å²) in [7, 11) is 0. The van der Waals surface area contributed by atoms with E-state index in [0.717, 1.165) is 41.0 Å². The monoisotopic (exact) mass is 383 g/mol. The summed E-state index contributed by atoms with van der Waals surface area (Å²) in [6.45, 7) is 1.03. The fraction of sp³-hybridized carbons (Fsp3) is 0.350. The molecule has 2 amide bonds. The van der Waals surface area contributed by atoms with Gasteiger partial charge in [0.25, 0.3) is 5.91 Å². The van der Waals surface area contributed by atoms with Gasteiger partial charge in [0.15, 0.2) is 5.76 Å². The number of thiazole rings is 1. The Bertz CT molecular complexity index is 902. The number of nitrogens with zero attached hydrogens (tertiary/aromatic N) is 2. The number of likely N-dealkylation sites (tertiary alicyclic amines) is 1. The number of fused-ring (bicyclic) bond motifs is 1. The van der Waals surface area contributed by atoms with Crippen LogP contribution in [0, 0.1) is 0 Å². The van der Waals surface area contributed by atoms with Crippen LogP contribution in [0.25, 0.3) is 10.2 Å². The first-order chi connectivity index (χ1) is 13.2. The van der Waals surface area contributed by atoms with Crippen LogP contribution in [-0.2, 0) is 4.79 Å². The first-order valence-electron chi connectivity index (χ1n) is 9.19. The highest BCUT2D eigenvalue weighted by atomic mass is 32.1. The van der Waals surface area contributed by atoms with Crippen LogP contribution >= 0.6 is 11.3 Å². The third-order valence-electron chi connectivity index (χ3n) is 4.79. The average molecular weight is 383 g/mol. The van der Waals surface area contributed by atoms with Crippen LogP contribution in [0.2, 0.25) is 0 Å². The molecule has 1 aliphatic heterocycles. The summed E-state index contributed by atoms with van der Waals surface area (Å²) in [4.78, 5) is 31.4. The molecule has 1 atom stereocenters. The highest BCUT2D eigenvalue weighted by Gasteiger charge is 2.30. The van der Waals surface area contributed by atoms with E-state index in [4.69, 9.17) is 9.40 Å². The summed E-state index contributed by atoms with van der Waals surface area (Å²) in [6, 6.07) is 11.4. The maximum absolute atomic E-state index is 12.8. The standard InChI is InChI=1S/C20H21N3O3S/c24-18(10-11-21-19(25)16-8-5-13-26-16)23-12-4-3-7-15(23)20-22-14-6-1-2-9-17(14)27-20/h1-2,5-6,8-9,13,15H,3-4,7,10-12H2,(H,21,25)/t15-/m1/s1. The molecule has 6 nitrogen and oxygen atoms in total. The van der Waals surface area contributed by atoms with Crippen LogP contribution in [0.4, 0.5) is 0 Å². The number of carbonyl (C=O) groups excluding carboxylic acids is 2. The molecule has 0 spiro atoms. The van der Waals surface area contributed by atoms with E-state index in [2.05, 4.69) is 11.4 Å². The van der Waals surface area contributed by atoms with Crippen molar-refractivity contribution in [3.05, 3.63) is 53.4 Å². The van der Waals surface area contributed by atoms with Crippen molar-refractivity contribution in [1.82, 2.24) is 15.2 Å². The van der Waals surface area contributed by atoms with Gasteiger partial charge < -0.3 is 14.6 Å². The molecule has 3 aromatic rings. The van der Waals surface area contributed by atoms with E-state index in [0.29, 0.717) is 6.54 Å². The van der Waals surface area contributed by atoms with Crippen LogP contribution < -0.4 is 5.32 Å². The van der Waals surface area contributed by atoms with Gasteiger partial charge in [-0.05, 0) is 43.5 Å². The van der Waals surface area contributed by atoms with E-state index >= 15 is 0 Å². The third-order valence-corrected chi connectivity index (χ3v) is 5.93. The van der Waals surface area contributed by atoms with E-state index in [9.17, 15) is 9.59 Å². The maximum Gasteiger partial charge on any atom is 0.286 e. The zero-order chi connectivity index (χ0) is 18.6. The average Bonchev–Trinajstić information content (AvgIpc) is 3.37. The van der Waals surface area contributed by atoms with Crippen molar-refractivity contribution in [3.8, 4) is 0 Å². The van der Waals surface area contributed by atoms with E-state index in [1.165, 1.54) is 6.26 Å². The van der Waals surface area contributed by atoms with Crippen molar-refractivity contribution in [2.24, 2.45) is 0 Å². The molecule has 1 saturated heterocycles. The van der Waals surface area contributed by atoms with Crippen LogP contribution in [0.3, 0.4) is 0 Å². The Morgan fingerprint density at radius 1 is 1.22 bits per heavy atom. The smallest absolute Gasteiger partial charge is 0.286 e. The van der Waals surface area contributed by atoms with Crippen LogP contribution in [-0.4, -0.2) is 34.8 Å². The largest absolute Gasteiger partial charge is 0.459 e. The van der Waals surface area contributed by atoms with Crippen molar-refractivity contribution in [2.75, 3.05) is 13.1 Å². The summed E-state index contributed by atoms with van der Waals surface area (Å²) < 4.78 is 6.21. The Labute approximate surface area is 161 Å². The van der Waals surface area contributed by atoms with Gasteiger partial charge in [0.2, 0.25) is 5.91 Å². The number of piperidine rings is 1. The first-order valence-corrected chi connectivity index (χ1v) is 10.0. The predicted octanol–water partition coefficient (Wildman–Crippen LogP) is 3.76. The SMILES string of the molecule is O=C(NCCC(=O)N1CCCC[C@@H]1c1nc2ccccc2s1)c1ccco1. The molecule has 2 aromatic heterocycles. The van der Waals surface area contributed by atoms with Crippen molar-refractivity contribution in [1.29, 1.82) is 0 Å². The van der Waals surface area contributed by atoms with E-state index < -0.39 is 0 Å². The number of benzene rings is 1. The van der Waals surface area contributed by atoms with Gasteiger partial charge in [0.1, 0.15) is 5.01 Å². The zero-order valence-electron chi connectivity index (χ0n) is 14.9. The lowest BCUT2D eigenvalue weighted by Crippen LogP contribution is -2.40. The number of amides is 2. The Kier molecular flexibility index (Phi) is 5.20. The summed E-state index contributed by atoms with van der Waals surface area (Å²) in [5.74, 6) is 0.0145. The van der Waals surface area contributed by atoms with E-state index in [1.54, 1.807) is 23.5 Å². The Morgan fingerprint density at radius 2 is 2.11 bits per heavy atom. The second-order valence-corrected chi connectivity index (χ2v) is 7.66. The number of rotatable bonds is 5. The van der Waals surface area contributed by atoms with Crippen LogP contribution in [0.15, 0.2) is 47.1 Å². The Morgan fingerprint density at radius 3 is 2.93 bits per heavy atom. The number of carbonyl (C=O) groups is 2. The second-order valence-electron chi connectivity index (χ2n) is 6.60. The van der Waals surface area contributed by atoms with Gasteiger partial charge in [-0.15, -0.1) is 11.3 Å². The molecule has 7 heteroatoms. The number of para-hydroxylation sites is 1. The zero-order valence-corrected chi connectivity index (χ0v) is 15.7. The molecule has 1 aliphatic rings. The van der Waals surface area contributed by atoms with Crippen molar-refractivity contribution in [3.63, 3.8) is 0 Å². The third kappa shape index (κ3) is 3.88. The number of nitrogens with one attached hydrogen (secondary N) is 1. The maximum atomic E-state index is 12.8. The summed E-state index contributed by atoms with van der Waals surface area (Å²) in [5.41, 5.74) is 0.987. The fourth-order valence-corrected chi connectivity index (χ4v) is 4.56. The molecule has 140 valence electrons. The molecule has 0 saturated carbocycles. The van der Waals surface area contributed by atoms with Crippen LogP contribution in [0.5, 0.6) is 0 Å². The van der Waals surface area contributed by atoms with Gasteiger partial charge in [-0.3, -0.25) is 9.59 Å². The van der Waals surface area contributed by atoms with Gasteiger partial charge in [-0.2, -0.15) is 0 Å². The van der Waals surface area contributed by atoms with Gasteiger partial charge in [-0.1, -0.05) is 12.1 Å². The predicted molar refractivity (Wildman–Crippen MR) is 104 cm³/mol. The highest BCUT2D eigenvalue weighted by molar-refractivity contribution is 7.18. The molecule has 27 heavy (non-hydrogen) atoms. The lowest BCUT2D eigenvalue weighted by Gasteiger charge is -2.34. The molecule has 1 fully saturated rings. The minimum absolute atomic E-state index is 0.0319. The Hall–Kier alpha value is -2.67. The molecular weight excluding hydrogens is 362 g/mol. The molecule has 3 heterocycles. The van der Waals surface area contributed by atoms with Gasteiger partial charge in [0, 0.05) is 19.5 Å². The minimum atomic E-state index is -0.297. The topological polar surface area (TPSA) is 75.4 Å². The fourth-order valence-electron chi connectivity index (χ4n) is 3.44. The van der Waals surface area contributed by atoms with Gasteiger partial charge in [0.05, 0.1) is 22.5 Å². The molecule has 0 unspecified atom stereocenters. The number of hydrogen-bond donors (Lipinski definition) is 1.